The van der Waals surface area contributed by atoms with Gasteiger partial charge in [-0.2, -0.15) is 0 Å². The van der Waals surface area contributed by atoms with Crippen LogP contribution in [0.15, 0.2) is 59.7 Å². The van der Waals surface area contributed by atoms with Crippen LogP contribution in [-0.4, -0.2) is 24.9 Å². The number of amidine groups is 1. The molecular weight excluding hydrogens is 332 g/mol. The fourth-order valence-electron chi connectivity index (χ4n) is 2.52. The molecule has 0 aliphatic carbocycles. The number of esters is 1. The molecule has 0 spiro atoms. The molecule has 1 aliphatic rings. The van der Waals surface area contributed by atoms with Crippen molar-refractivity contribution in [2.24, 2.45) is 10.7 Å². The van der Waals surface area contributed by atoms with E-state index in [0.717, 1.165) is 11.1 Å². The summed E-state index contributed by atoms with van der Waals surface area (Å²) in [7, 11) is 1.32. The lowest BCUT2D eigenvalue weighted by molar-refractivity contribution is 0.0601. The van der Waals surface area contributed by atoms with Crippen LogP contribution in [0.4, 0.5) is 16.2 Å². The Kier molecular flexibility index (Phi) is 4.98. The molecule has 0 saturated heterocycles. The first-order chi connectivity index (χ1) is 12.5. The summed E-state index contributed by atoms with van der Waals surface area (Å²) >= 11 is 0. The van der Waals surface area contributed by atoms with Crippen molar-refractivity contribution in [1.82, 2.24) is 0 Å². The average molecular weight is 350 g/mol. The van der Waals surface area contributed by atoms with Crippen LogP contribution in [0.1, 0.15) is 22.3 Å². The van der Waals surface area contributed by atoms with Gasteiger partial charge in [-0.05, 0) is 47.5 Å². The van der Waals surface area contributed by atoms with Gasteiger partial charge in [-0.1, -0.05) is 12.1 Å². The van der Waals surface area contributed by atoms with E-state index in [1.165, 1.54) is 7.11 Å². The fourth-order valence-corrected chi connectivity index (χ4v) is 2.52. The van der Waals surface area contributed by atoms with Gasteiger partial charge in [0.15, 0.2) is 0 Å². The molecule has 7 nitrogen and oxygen atoms in total. The van der Waals surface area contributed by atoms with Crippen molar-refractivity contribution < 1.29 is 14.3 Å². The number of urea groups is 1. The lowest BCUT2D eigenvalue weighted by Gasteiger charge is -2.10. The van der Waals surface area contributed by atoms with Gasteiger partial charge in [-0.25, -0.2) is 14.6 Å². The largest absolute Gasteiger partial charge is 0.465 e. The molecule has 0 fully saturated rings. The molecule has 2 aromatic rings. The molecule has 3 rings (SSSR count). The number of amides is 2. The summed E-state index contributed by atoms with van der Waals surface area (Å²) in [5, 5.41) is 5.49. The van der Waals surface area contributed by atoms with Crippen LogP contribution in [0.5, 0.6) is 0 Å². The Bertz CT molecular complexity index is 901. The summed E-state index contributed by atoms with van der Waals surface area (Å²) in [6.45, 7) is 0. The zero-order valence-electron chi connectivity index (χ0n) is 14.2. The molecule has 0 aromatic heterocycles. The van der Waals surface area contributed by atoms with E-state index in [1.54, 1.807) is 36.5 Å². The van der Waals surface area contributed by atoms with Gasteiger partial charge in [-0.15, -0.1) is 0 Å². The topological polar surface area (TPSA) is 106 Å². The van der Waals surface area contributed by atoms with Gasteiger partial charge in [-0.3, -0.25) is 0 Å². The SMILES string of the molecule is COC(=O)c1ccc(NC(=O)Nc2cccc(C3=CN=C(N)C3)c2)cc1. The van der Waals surface area contributed by atoms with Crippen LogP contribution >= 0.6 is 0 Å². The molecule has 2 aromatic carbocycles. The van der Waals surface area contributed by atoms with Gasteiger partial charge in [0.2, 0.25) is 0 Å². The second-order valence-electron chi connectivity index (χ2n) is 5.68. The molecule has 132 valence electrons. The minimum absolute atomic E-state index is 0.385. The molecule has 7 heteroatoms. The van der Waals surface area contributed by atoms with Gasteiger partial charge in [0.25, 0.3) is 0 Å². The zero-order valence-corrected chi connectivity index (χ0v) is 14.2. The number of carbonyl (C=O) groups is 2. The summed E-state index contributed by atoms with van der Waals surface area (Å²) in [6.07, 6.45) is 2.33. The van der Waals surface area contributed by atoms with E-state index < -0.39 is 5.97 Å². The maximum atomic E-state index is 12.2. The Morgan fingerprint density at radius 1 is 1.08 bits per heavy atom. The van der Waals surface area contributed by atoms with Crippen LogP contribution in [0.25, 0.3) is 5.57 Å². The van der Waals surface area contributed by atoms with Crippen LogP contribution < -0.4 is 16.4 Å². The molecule has 1 aliphatic heterocycles. The first kappa shape index (κ1) is 17.2. The van der Waals surface area contributed by atoms with Crippen molar-refractivity contribution in [3.63, 3.8) is 0 Å². The Balaban J connectivity index is 1.62. The molecule has 0 radical (unpaired) electrons. The van der Waals surface area contributed by atoms with E-state index in [0.29, 0.717) is 29.2 Å². The van der Waals surface area contributed by atoms with E-state index >= 15 is 0 Å². The van der Waals surface area contributed by atoms with E-state index in [9.17, 15) is 9.59 Å². The highest BCUT2D eigenvalue weighted by molar-refractivity contribution is 6.01. The summed E-state index contributed by atoms with van der Waals surface area (Å²) in [5.41, 5.74) is 9.28. The van der Waals surface area contributed by atoms with E-state index in [1.807, 2.05) is 18.2 Å². The zero-order chi connectivity index (χ0) is 18.5. The highest BCUT2D eigenvalue weighted by Crippen LogP contribution is 2.24. The number of ether oxygens (including phenoxy) is 1. The van der Waals surface area contributed by atoms with E-state index in [2.05, 4.69) is 20.4 Å². The lowest BCUT2D eigenvalue weighted by Crippen LogP contribution is -2.19. The summed E-state index contributed by atoms with van der Waals surface area (Å²) in [4.78, 5) is 27.6. The highest BCUT2D eigenvalue weighted by Gasteiger charge is 2.11. The van der Waals surface area contributed by atoms with Crippen LogP contribution in [0, 0.1) is 0 Å². The molecule has 0 atom stereocenters. The fraction of sp³-hybridized carbons (Fsp3) is 0.105. The average Bonchev–Trinajstić information content (AvgIpc) is 3.08. The molecule has 26 heavy (non-hydrogen) atoms. The standard InChI is InChI=1S/C19H18N4O3/c1-26-18(24)12-5-7-15(8-6-12)22-19(25)23-16-4-2-3-13(9-16)14-10-17(20)21-11-14/h2-9,11H,10H2,1H3,(H2,20,21)(H2,22,23,25). The maximum Gasteiger partial charge on any atom is 0.337 e. The Hall–Kier alpha value is -3.61. The predicted molar refractivity (Wildman–Crippen MR) is 101 cm³/mol. The number of benzene rings is 2. The molecule has 0 unspecified atom stereocenters. The van der Waals surface area contributed by atoms with Gasteiger partial charge >= 0.3 is 12.0 Å². The number of carbonyl (C=O) groups excluding carboxylic acids is 2. The summed E-state index contributed by atoms with van der Waals surface area (Å²) in [5.74, 6) is 0.148. The normalized spacial score (nSPS) is 12.8. The second-order valence-corrected chi connectivity index (χ2v) is 5.68. The monoisotopic (exact) mass is 350 g/mol. The van der Waals surface area contributed by atoms with Crippen molar-refractivity contribution >= 4 is 34.8 Å². The number of aliphatic imine (C=N–C) groups is 1. The van der Waals surface area contributed by atoms with Crippen LogP contribution in [0.2, 0.25) is 0 Å². The van der Waals surface area contributed by atoms with Crippen LogP contribution in [0.3, 0.4) is 0 Å². The second kappa shape index (κ2) is 7.52. The molecule has 0 saturated carbocycles. The predicted octanol–water partition coefficient (Wildman–Crippen LogP) is 3.22. The number of hydrogen-bond acceptors (Lipinski definition) is 5. The van der Waals surface area contributed by atoms with Gasteiger partial charge in [0.05, 0.1) is 12.7 Å². The van der Waals surface area contributed by atoms with Crippen molar-refractivity contribution in [2.45, 2.75) is 6.42 Å². The number of rotatable bonds is 4. The molecule has 0 bridgehead atoms. The van der Waals surface area contributed by atoms with E-state index in [4.69, 9.17) is 5.73 Å². The molecule has 2 amide bonds. The smallest absolute Gasteiger partial charge is 0.337 e. The third-order valence-corrected chi connectivity index (χ3v) is 3.81. The van der Waals surface area contributed by atoms with Gasteiger partial charge < -0.3 is 21.1 Å². The number of anilines is 2. The molecular formula is C19H18N4O3. The lowest BCUT2D eigenvalue weighted by atomic mass is 10.0. The summed E-state index contributed by atoms with van der Waals surface area (Å²) < 4.78 is 4.64. The third kappa shape index (κ3) is 4.07. The minimum Gasteiger partial charge on any atom is -0.465 e. The minimum atomic E-state index is -0.427. The first-order valence-corrected chi connectivity index (χ1v) is 7.93. The number of nitrogens with two attached hydrogens (primary N) is 1. The first-order valence-electron chi connectivity index (χ1n) is 7.93. The number of methoxy groups -OCH3 is 1. The van der Waals surface area contributed by atoms with E-state index in [-0.39, 0.29) is 6.03 Å². The van der Waals surface area contributed by atoms with Crippen LogP contribution in [-0.2, 0) is 4.74 Å². The van der Waals surface area contributed by atoms with Gasteiger partial charge in [0.1, 0.15) is 5.84 Å². The summed E-state index contributed by atoms with van der Waals surface area (Å²) in [6, 6.07) is 13.5. The van der Waals surface area contributed by atoms with Crippen molar-refractivity contribution in [3.05, 3.63) is 65.9 Å². The Morgan fingerprint density at radius 2 is 1.81 bits per heavy atom. The van der Waals surface area contributed by atoms with Crippen molar-refractivity contribution in [1.29, 1.82) is 0 Å². The third-order valence-electron chi connectivity index (χ3n) is 3.81. The molecule has 4 N–H and O–H groups in total. The number of hydrogen-bond donors (Lipinski definition) is 3. The van der Waals surface area contributed by atoms with Gasteiger partial charge in [0, 0.05) is 24.0 Å². The van der Waals surface area contributed by atoms with Crippen molar-refractivity contribution in [3.8, 4) is 0 Å². The van der Waals surface area contributed by atoms with Crippen molar-refractivity contribution in [2.75, 3.05) is 17.7 Å². The maximum absolute atomic E-state index is 12.2. The molecule has 1 heterocycles. The quantitative estimate of drug-likeness (QED) is 0.736. The Morgan fingerprint density at radius 3 is 2.46 bits per heavy atom. The highest BCUT2D eigenvalue weighted by atomic mass is 16.5. The Labute approximate surface area is 150 Å². The number of nitrogens with zero attached hydrogens (tertiary/aromatic N) is 1. The number of nitrogens with one attached hydrogen (secondary N) is 2.